The summed E-state index contributed by atoms with van der Waals surface area (Å²) in [5.41, 5.74) is 0.522. The van der Waals surface area contributed by atoms with Crippen LogP contribution in [0.15, 0.2) is 30.3 Å². The Hall–Kier alpha value is -2.28. The normalized spacial score (nSPS) is 14.7. The van der Waals surface area contributed by atoms with Crippen molar-refractivity contribution >= 4 is 29.5 Å². The van der Waals surface area contributed by atoms with E-state index in [2.05, 4.69) is 10.6 Å². The average molecular weight is 368 g/mol. The van der Waals surface area contributed by atoms with Gasteiger partial charge in [0.05, 0.1) is 12.4 Å². The molecule has 3 amide bonds. The molecule has 0 unspecified atom stereocenters. The van der Waals surface area contributed by atoms with Crippen LogP contribution in [0.1, 0.15) is 23.2 Å². The Bertz CT molecular complexity index is 589. The van der Waals surface area contributed by atoms with Crippen LogP contribution >= 0.6 is 11.6 Å². The molecule has 1 saturated heterocycles. The Morgan fingerprint density at radius 3 is 2.48 bits per heavy atom. The minimum atomic E-state index is -0.486. The Morgan fingerprint density at radius 2 is 1.84 bits per heavy atom. The van der Waals surface area contributed by atoms with Crippen molar-refractivity contribution in [3.63, 3.8) is 0 Å². The van der Waals surface area contributed by atoms with Gasteiger partial charge in [0, 0.05) is 24.7 Å². The first-order valence-corrected chi connectivity index (χ1v) is 8.74. The number of alkyl halides is 1. The number of rotatable bonds is 6. The number of nitrogens with zero attached hydrogens (tertiary/aromatic N) is 1. The molecule has 136 valence electrons. The number of benzene rings is 1. The topological polar surface area (TPSA) is 87.7 Å². The summed E-state index contributed by atoms with van der Waals surface area (Å²) < 4.78 is 4.87. The van der Waals surface area contributed by atoms with Gasteiger partial charge in [0.25, 0.3) is 5.91 Å². The van der Waals surface area contributed by atoms with Crippen molar-refractivity contribution in [2.24, 2.45) is 0 Å². The fourth-order valence-electron chi connectivity index (χ4n) is 2.57. The van der Waals surface area contributed by atoms with E-state index < -0.39 is 6.09 Å². The average Bonchev–Trinajstić information content (AvgIpc) is 2.65. The van der Waals surface area contributed by atoms with E-state index in [1.165, 1.54) is 0 Å². The van der Waals surface area contributed by atoms with E-state index in [1.807, 2.05) is 6.07 Å². The van der Waals surface area contributed by atoms with Gasteiger partial charge in [-0.15, -0.1) is 11.6 Å². The summed E-state index contributed by atoms with van der Waals surface area (Å²) in [7, 11) is 0. The molecule has 1 aromatic carbocycles. The third-order valence-electron chi connectivity index (χ3n) is 3.92. The number of alkyl carbamates (subject to hydrolysis) is 1. The van der Waals surface area contributed by atoms with Gasteiger partial charge in [-0.25, -0.2) is 4.79 Å². The number of carbonyl (C=O) groups excluding carboxylic acids is 3. The molecule has 0 atom stereocenters. The van der Waals surface area contributed by atoms with Crippen molar-refractivity contribution < 1.29 is 19.1 Å². The summed E-state index contributed by atoms with van der Waals surface area (Å²) in [4.78, 5) is 37.3. The largest absolute Gasteiger partial charge is 0.448 e. The van der Waals surface area contributed by atoms with Crippen LogP contribution in [0.3, 0.4) is 0 Å². The Morgan fingerprint density at radius 1 is 1.16 bits per heavy atom. The van der Waals surface area contributed by atoms with Gasteiger partial charge in [-0.1, -0.05) is 18.2 Å². The highest BCUT2D eigenvalue weighted by Gasteiger charge is 2.24. The first-order valence-electron chi connectivity index (χ1n) is 8.20. The predicted molar refractivity (Wildman–Crippen MR) is 93.6 cm³/mol. The van der Waals surface area contributed by atoms with Gasteiger partial charge in [0.15, 0.2) is 0 Å². The second kappa shape index (κ2) is 9.88. The van der Waals surface area contributed by atoms with E-state index in [-0.39, 0.29) is 36.9 Å². The number of carbonyl (C=O) groups is 3. The van der Waals surface area contributed by atoms with Gasteiger partial charge in [-0.2, -0.15) is 0 Å². The standard InChI is InChI=1S/C17H22ClN3O4/c18-8-11-25-17(24)20-14-6-9-21(10-7-14)15(22)12-19-16(23)13-4-2-1-3-5-13/h1-5,14H,6-12H2,(H,19,23)(H,20,24). The fourth-order valence-corrected chi connectivity index (χ4v) is 2.65. The zero-order valence-electron chi connectivity index (χ0n) is 13.9. The first-order chi connectivity index (χ1) is 12.1. The predicted octanol–water partition coefficient (Wildman–Crippen LogP) is 1.37. The number of amides is 3. The van der Waals surface area contributed by atoms with E-state index in [4.69, 9.17) is 16.3 Å². The maximum Gasteiger partial charge on any atom is 0.407 e. The SMILES string of the molecule is O=C(NC1CCN(C(=O)CNC(=O)c2ccccc2)CC1)OCCCl. The third kappa shape index (κ3) is 6.26. The maximum atomic E-state index is 12.2. The van der Waals surface area contributed by atoms with Gasteiger partial charge in [-0.3, -0.25) is 9.59 Å². The highest BCUT2D eigenvalue weighted by molar-refractivity contribution is 6.18. The molecule has 0 spiro atoms. The number of likely N-dealkylation sites (tertiary alicyclic amines) is 1. The van der Waals surface area contributed by atoms with E-state index in [1.54, 1.807) is 29.2 Å². The second-order valence-corrected chi connectivity index (χ2v) is 6.05. The molecule has 1 aromatic rings. The lowest BCUT2D eigenvalue weighted by atomic mass is 10.1. The Labute approximate surface area is 151 Å². The van der Waals surface area contributed by atoms with Gasteiger partial charge in [0.2, 0.25) is 5.91 Å². The number of piperidine rings is 1. The highest BCUT2D eigenvalue weighted by Crippen LogP contribution is 2.10. The van der Waals surface area contributed by atoms with Crippen LogP contribution in [0.5, 0.6) is 0 Å². The first kappa shape index (κ1) is 19.1. The molecule has 25 heavy (non-hydrogen) atoms. The molecule has 2 rings (SSSR count). The summed E-state index contributed by atoms with van der Waals surface area (Å²) in [6, 6.07) is 8.73. The lowest BCUT2D eigenvalue weighted by Gasteiger charge is -2.32. The molecule has 1 fully saturated rings. The number of halogens is 1. The molecule has 7 nitrogen and oxygen atoms in total. The fraction of sp³-hybridized carbons (Fsp3) is 0.471. The quantitative estimate of drug-likeness (QED) is 0.743. The van der Waals surface area contributed by atoms with Crippen LogP contribution in [-0.4, -0.2) is 61.0 Å². The zero-order chi connectivity index (χ0) is 18.1. The van der Waals surface area contributed by atoms with E-state index in [9.17, 15) is 14.4 Å². The molecular weight excluding hydrogens is 346 g/mol. The molecule has 0 bridgehead atoms. The molecule has 0 aliphatic carbocycles. The van der Waals surface area contributed by atoms with E-state index in [0.29, 0.717) is 31.5 Å². The smallest absolute Gasteiger partial charge is 0.407 e. The second-order valence-electron chi connectivity index (χ2n) is 5.67. The Kier molecular flexibility index (Phi) is 7.53. The van der Waals surface area contributed by atoms with Crippen molar-refractivity contribution in [3.05, 3.63) is 35.9 Å². The van der Waals surface area contributed by atoms with Crippen molar-refractivity contribution in [1.29, 1.82) is 0 Å². The maximum absolute atomic E-state index is 12.2. The molecule has 0 radical (unpaired) electrons. The monoisotopic (exact) mass is 367 g/mol. The van der Waals surface area contributed by atoms with Crippen molar-refractivity contribution in [3.8, 4) is 0 Å². The summed E-state index contributed by atoms with van der Waals surface area (Å²) in [6.07, 6.45) is 0.809. The van der Waals surface area contributed by atoms with Gasteiger partial charge in [0.1, 0.15) is 6.61 Å². The highest BCUT2D eigenvalue weighted by atomic mass is 35.5. The number of nitrogens with one attached hydrogen (secondary N) is 2. The van der Waals surface area contributed by atoms with Crippen LogP contribution in [0.2, 0.25) is 0 Å². The van der Waals surface area contributed by atoms with Gasteiger partial charge >= 0.3 is 6.09 Å². The minimum Gasteiger partial charge on any atom is -0.448 e. The summed E-state index contributed by atoms with van der Waals surface area (Å²) in [5, 5.41) is 5.39. The number of ether oxygens (including phenoxy) is 1. The molecule has 1 aliphatic rings. The molecule has 2 N–H and O–H groups in total. The van der Waals surface area contributed by atoms with Gasteiger partial charge < -0.3 is 20.3 Å². The van der Waals surface area contributed by atoms with Crippen LogP contribution in [0.25, 0.3) is 0 Å². The van der Waals surface area contributed by atoms with Crippen LogP contribution < -0.4 is 10.6 Å². The van der Waals surface area contributed by atoms with Crippen molar-refractivity contribution in [2.45, 2.75) is 18.9 Å². The van der Waals surface area contributed by atoms with Crippen LogP contribution in [0, 0.1) is 0 Å². The zero-order valence-corrected chi connectivity index (χ0v) is 14.6. The van der Waals surface area contributed by atoms with Gasteiger partial charge in [-0.05, 0) is 25.0 Å². The molecule has 8 heteroatoms. The van der Waals surface area contributed by atoms with E-state index in [0.717, 1.165) is 0 Å². The lowest BCUT2D eigenvalue weighted by Crippen LogP contribution is -2.49. The molecular formula is C17H22ClN3O4. The summed E-state index contributed by atoms with van der Waals surface area (Å²) >= 11 is 5.45. The number of hydrogen-bond acceptors (Lipinski definition) is 4. The molecule has 1 heterocycles. The summed E-state index contributed by atoms with van der Waals surface area (Å²) in [5.74, 6) is -0.144. The Balaban J connectivity index is 1.69. The lowest BCUT2D eigenvalue weighted by molar-refractivity contribution is -0.131. The molecule has 0 aromatic heterocycles. The van der Waals surface area contributed by atoms with E-state index >= 15 is 0 Å². The van der Waals surface area contributed by atoms with Crippen LogP contribution in [-0.2, 0) is 9.53 Å². The van der Waals surface area contributed by atoms with Crippen LogP contribution in [0.4, 0.5) is 4.79 Å². The number of hydrogen-bond donors (Lipinski definition) is 2. The molecule has 0 saturated carbocycles. The van der Waals surface area contributed by atoms with Crippen molar-refractivity contribution in [2.75, 3.05) is 32.1 Å². The minimum absolute atomic E-state index is 0.0224. The van der Waals surface area contributed by atoms with Crippen molar-refractivity contribution in [1.82, 2.24) is 15.5 Å². The summed E-state index contributed by atoms with van der Waals surface area (Å²) in [6.45, 7) is 1.19. The third-order valence-corrected chi connectivity index (χ3v) is 4.07. The molecule has 1 aliphatic heterocycles.